The number of ether oxygens (including phenoxy) is 1. The Morgan fingerprint density at radius 3 is 2.11 bits per heavy atom. The Balaban J connectivity index is 1.15. The number of benzene rings is 3. The van der Waals surface area contributed by atoms with Crippen LogP contribution in [0.1, 0.15) is 58.6 Å². The van der Waals surface area contributed by atoms with Crippen LogP contribution in [-0.2, 0) is 4.74 Å². The van der Waals surface area contributed by atoms with E-state index < -0.39 is 5.82 Å². The molecule has 3 aromatic carbocycles. The van der Waals surface area contributed by atoms with Crippen LogP contribution >= 0.6 is 0 Å². The number of nitrogens with zero attached hydrogens (tertiary/aromatic N) is 1. The third kappa shape index (κ3) is 3.74. The Labute approximate surface area is 204 Å². The molecule has 0 aromatic heterocycles. The monoisotopic (exact) mass is 469 g/mol. The first-order valence-corrected chi connectivity index (χ1v) is 12.4. The summed E-state index contributed by atoms with van der Waals surface area (Å²) >= 11 is 0. The highest BCUT2D eigenvalue weighted by atomic mass is 19.1. The molecule has 35 heavy (non-hydrogen) atoms. The number of ketones is 1. The van der Waals surface area contributed by atoms with Gasteiger partial charge >= 0.3 is 6.09 Å². The zero-order valence-corrected chi connectivity index (χ0v) is 19.7. The van der Waals surface area contributed by atoms with E-state index in [2.05, 4.69) is 24.3 Å². The summed E-state index contributed by atoms with van der Waals surface area (Å²) in [5.74, 6) is -0.845. The summed E-state index contributed by atoms with van der Waals surface area (Å²) in [6.07, 6.45) is 2.54. The molecule has 3 aromatic rings. The van der Waals surface area contributed by atoms with Crippen molar-refractivity contribution in [2.45, 2.75) is 50.6 Å². The van der Waals surface area contributed by atoms with Gasteiger partial charge in [-0.05, 0) is 72.6 Å². The highest BCUT2D eigenvalue weighted by Crippen LogP contribution is 2.45. The van der Waals surface area contributed by atoms with Gasteiger partial charge in [0.25, 0.3) is 0 Å². The van der Waals surface area contributed by atoms with Crippen molar-refractivity contribution in [3.8, 4) is 11.1 Å². The summed E-state index contributed by atoms with van der Waals surface area (Å²) in [6.45, 7) is 2.10. The van der Waals surface area contributed by atoms with E-state index >= 15 is 0 Å². The SMILES string of the molecule is Cc1ccc(C(=O)C2CC3CCC(C2)N3C(=O)OCC2c3ccccc3-c3ccccc32)c(F)c1. The summed E-state index contributed by atoms with van der Waals surface area (Å²) < 4.78 is 20.3. The third-order valence-corrected chi connectivity index (χ3v) is 8.04. The van der Waals surface area contributed by atoms with E-state index in [1.54, 1.807) is 12.1 Å². The smallest absolute Gasteiger partial charge is 0.410 e. The summed E-state index contributed by atoms with van der Waals surface area (Å²) in [5.41, 5.74) is 5.74. The van der Waals surface area contributed by atoms with Gasteiger partial charge in [0, 0.05) is 23.9 Å². The maximum atomic E-state index is 14.4. The normalized spacial score (nSPS) is 22.6. The molecule has 2 aliphatic heterocycles. The second-order valence-corrected chi connectivity index (χ2v) is 10.1. The van der Waals surface area contributed by atoms with E-state index in [0.29, 0.717) is 19.4 Å². The minimum Gasteiger partial charge on any atom is -0.448 e. The van der Waals surface area contributed by atoms with Crippen molar-refractivity contribution in [1.29, 1.82) is 0 Å². The standard InChI is InChI=1S/C30H28FNO3/c1-18-10-13-26(28(31)14-18)29(33)19-15-20-11-12-21(16-19)32(20)30(34)35-17-27-24-8-4-2-6-22(24)23-7-3-5-9-25(23)27/h2-10,13-14,19-21,27H,11-12,15-17H2,1H3. The largest absolute Gasteiger partial charge is 0.448 e. The Hall–Kier alpha value is -3.47. The van der Waals surface area contributed by atoms with E-state index in [-0.39, 0.29) is 41.4 Å². The fourth-order valence-electron chi connectivity index (χ4n) is 6.40. The van der Waals surface area contributed by atoms with Crippen LogP contribution in [-0.4, -0.2) is 35.5 Å². The highest BCUT2D eigenvalue weighted by molar-refractivity contribution is 5.98. The molecule has 2 heterocycles. The predicted molar refractivity (Wildman–Crippen MR) is 132 cm³/mol. The fraction of sp³-hybridized carbons (Fsp3) is 0.333. The minimum atomic E-state index is -0.457. The number of aryl methyl sites for hydroxylation is 1. The molecule has 6 rings (SSSR count). The minimum absolute atomic E-state index is 0.0210. The van der Waals surface area contributed by atoms with E-state index in [4.69, 9.17) is 4.74 Å². The van der Waals surface area contributed by atoms with Crippen molar-refractivity contribution in [3.63, 3.8) is 0 Å². The second kappa shape index (κ2) is 8.63. The molecule has 2 saturated heterocycles. The Kier molecular flexibility index (Phi) is 5.43. The average Bonchev–Trinajstić information content (AvgIpc) is 3.33. The molecule has 2 atom stereocenters. The van der Waals surface area contributed by atoms with Gasteiger partial charge in [-0.15, -0.1) is 0 Å². The van der Waals surface area contributed by atoms with Gasteiger partial charge in [0.05, 0.1) is 5.56 Å². The molecule has 2 unspecified atom stereocenters. The molecule has 3 aliphatic rings. The highest BCUT2D eigenvalue weighted by Gasteiger charge is 2.46. The van der Waals surface area contributed by atoms with Crippen molar-refractivity contribution < 1.29 is 18.7 Å². The van der Waals surface area contributed by atoms with Gasteiger partial charge in [0.15, 0.2) is 5.78 Å². The lowest BCUT2D eigenvalue weighted by Crippen LogP contribution is -2.48. The number of carbonyl (C=O) groups excluding carboxylic acids is 2. The quantitative estimate of drug-likeness (QED) is 0.409. The molecule has 0 radical (unpaired) electrons. The molecule has 4 nitrogen and oxygen atoms in total. The number of rotatable bonds is 4. The van der Waals surface area contributed by atoms with Gasteiger partial charge in [0.2, 0.25) is 0 Å². The summed E-state index contributed by atoms with van der Waals surface area (Å²) in [4.78, 5) is 28.2. The molecule has 0 N–H and O–H groups in total. The number of Topliss-reactive ketones (excluding diaryl/α,β-unsaturated/α-hetero) is 1. The van der Waals surface area contributed by atoms with Crippen LogP contribution in [0, 0.1) is 18.7 Å². The van der Waals surface area contributed by atoms with E-state index in [1.165, 1.54) is 28.3 Å². The lowest BCUT2D eigenvalue weighted by molar-refractivity contribution is 0.0504. The summed E-state index contributed by atoms with van der Waals surface area (Å²) in [7, 11) is 0. The van der Waals surface area contributed by atoms with E-state index in [9.17, 15) is 14.0 Å². The zero-order chi connectivity index (χ0) is 24.1. The Morgan fingerprint density at radius 2 is 1.51 bits per heavy atom. The van der Waals surface area contributed by atoms with Crippen LogP contribution in [0.4, 0.5) is 9.18 Å². The van der Waals surface area contributed by atoms with Crippen LogP contribution in [0.2, 0.25) is 0 Å². The fourth-order valence-corrected chi connectivity index (χ4v) is 6.40. The van der Waals surface area contributed by atoms with Gasteiger partial charge < -0.3 is 9.64 Å². The molecular weight excluding hydrogens is 441 g/mol. The van der Waals surface area contributed by atoms with Crippen LogP contribution in [0.15, 0.2) is 66.7 Å². The second-order valence-electron chi connectivity index (χ2n) is 10.1. The lowest BCUT2D eigenvalue weighted by atomic mass is 9.84. The van der Waals surface area contributed by atoms with Crippen molar-refractivity contribution in [2.24, 2.45) is 5.92 Å². The topological polar surface area (TPSA) is 46.6 Å². The molecule has 1 amide bonds. The van der Waals surface area contributed by atoms with Crippen molar-refractivity contribution >= 4 is 11.9 Å². The molecule has 2 fully saturated rings. The number of hydrogen-bond donors (Lipinski definition) is 0. The Morgan fingerprint density at radius 1 is 0.914 bits per heavy atom. The molecule has 178 valence electrons. The molecule has 5 heteroatoms. The number of carbonyl (C=O) groups is 2. The third-order valence-electron chi connectivity index (χ3n) is 8.04. The van der Waals surface area contributed by atoms with Crippen LogP contribution in [0.25, 0.3) is 11.1 Å². The summed E-state index contributed by atoms with van der Waals surface area (Å²) in [6, 6.07) is 21.3. The van der Waals surface area contributed by atoms with Crippen molar-refractivity contribution in [2.75, 3.05) is 6.61 Å². The first-order valence-electron chi connectivity index (χ1n) is 12.4. The number of hydrogen-bond acceptors (Lipinski definition) is 3. The van der Waals surface area contributed by atoms with Gasteiger partial charge in [0.1, 0.15) is 12.4 Å². The van der Waals surface area contributed by atoms with Crippen molar-refractivity contribution in [1.82, 2.24) is 4.90 Å². The molecule has 1 aliphatic carbocycles. The average molecular weight is 470 g/mol. The number of amides is 1. The number of piperidine rings is 1. The lowest BCUT2D eigenvalue weighted by Gasteiger charge is -2.37. The maximum Gasteiger partial charge on any atom is 0.410 e. The molecule has 0 saturated carbocycles. The molecule has 0 spiro atoms. The van der Waals surface area contributed by atoms with Gasteiger partial charge in [-0.1, -0.05) is 54.6 Å². The number of halogens is 1. The maximum absolute atomic E-state index is 14.4. The van der Waals surface area contributed by atoms with Crippen LogP contribution in [0.3, 0.4) is 0 Å². The van der Waals surface area contributed by atoms with E-state index in [0.717, 1.165) is 18.4 Å². The summed E-state index contributed by atoms with van der Waals surface area (Å²) in [5, 5.41) is 0. The molecular formula is C30H28FNO3. The predicted octanol–water partition coefficient (Wildman–Crippen LogP) is 6.51. The van der Waals surface area contributed by atoms with Gasteiger partial charge in [-0.2, -0.15) is 0 Å². The zero-order valence-electron chi connectivity index (χ0n) is 19.7. The van der Waals surface area contributed by atoms with Gasteiger partial charge in [-0.3, -0.25) is 4.79 Å². The van der Waals surface area contributed by atoms with Crippen LogP contribution in [0.5, 0.6) is 0 Å². The van der Waals surface area contributed by atoms with E-state index in [1.807, 2.05) is 36.1 Å². The number of fused-ring (bicyclic) bond motifs is 5. The first-order chi connectivity index (χ1) is 17.0. The van der Waals surface area contributed by atoms with Crippen LogP contribution < -0.4 is 0 Å². The first kappa shape index (κ1) is 22.0. The molecule has 2 bridgehead atoms. The van der Waals surface area contributed by atoms with Crippen molar-refractivity contribution in [3.05, 3.63) is 94.8 Å². The Bertz CT molecular complexity index is 1260. The van der Waals surface area contributed by atoms with Gasteiger partial charge in [-0.25, -0.2) is 9.18 Å².